The summed E-state index contributed by atoms with van der Waals surface area (Å²) < 4.78 is 0. The lowest BCUT2D eigenvalue weighted by atomic mass is 10.0. The van der Waals surface area contributed by atoms with Crippen LogP contribution in [-0.4, -0.2) is 23.0 Å². The van der Waals surface area contributed by atoms with Crippen molar-refractivity contribution in [1.29, 1.82) is 0 Å². The standard InChI is InChI=1S/C14H17Cl2NO3/c1-8(2)12(7-14(19)20)17-13(18)6-9-10(15)4-3-5-11(9)16/h3-5,8,12H,6-7H2,1-2H3,(H,17,18)(H,19,20). The third-order valence-electron chi connectivity index (χ3n) is 2.94. The first-order chi connectivity index (χ1) is 9.31. The highest BCUT2D eigenvalue weighted by Gasteiger charge is 2.20. The van der Waals surface area contributed by atoms with Crippen molar-refractivity contribution in [3.8, 4) is 0 Å². The minimum Gasteiger partial charge on any atom is -0.481 e. The Hall–Kier alpha value is -1.26. The molecule has 0 aliphatic carbocycles. The van der Waals surface area contributed by atoms with Crippen LogP contribution in [0, 0.1) is 5.92 Å². The molecule has 1 amide bonds. The van der Waals surface area contributed by atoms with E-state index in [1.807, 2.05) is 13.8 Å². The number of carbonyl (C=O) groups excluding carboxylic acids is 1. The van der Waals surface area contributed by atoms with Crippen molar-refractivity contribution < 1.29 is 14.7 Å². The highest BCUT2D eigenvalue weighted by molar-refractivity contribution is 6.36. The third-order valence-corrected chi connectivity index (χ3v) is 3.65. The second-order valence-electron chi connectivity index (χ2n) is 4.89. The Morgan fingerprint density at radius 3 is 2.25 bits per heavy atom. The molecule has 20 heavy (non-hydrogen) atoms. The van der Waals surface area contributed by atoms with Crippen molar-refractivity contribution in [3.63, 3.8) is 0 Å². The van der Waals surface area contributed by atoms with Gasteiger partial charge in [-0.2, -0.15) is 0 Å². The molecule has 0 spiro atoms. The van der Waals surface area contributed by atoms with Crippen LogP contribution in [0.15, 0.2) is 18.2 Å². The van der Waals surface area contributed by atoms with E-state index in [0.29, 0.717) is 15.6 Å². The summed E-state index contributed by atoms with van der Waals surface area (Å²) in [6.07, 6.45) is -0.0823. The van der Waals surface area contributed by atoms with Crippen molar-refractivity contribution in [1.82, 2.24) is 5.32 Å². The van der Waals surface area contributed by atoms with Gasteiger partial charge in [-0.25, -0.2) is 0 Å². The first-order valence-corrected chi connectivity index (χ1v) is 7.01. The Morgan fingerprint density at radius 2 is 1.80 bits per heavy atom. The number of carboxylic acids is 1. The molecular weight excluding hydrogens is 301 g/mol. The molecule has 1 aromatic carbocycles. The molecule has 0 bridgehead atoms. The predicted octanol–water partition coefficient (Wildman–Crippen LogP) is 3.15. The van der Waals surface area contributed by atoms with Crippen LogP contribution in [0.4, 0.5) is 0 Å². The maximum atomic E-state index is 12.0. The van der Waals surface area contributed by atoms with Gasteiger partial charge in [0.05, 0.1) is 12.8 Å². The zero-order valence-electron chi connectivity index (χ0n) is 11.3. The van der Waals surface area contributed by atoms with Gasteiger partial charge in [-0.1, -0.05) is 43.1 Å². The molecule has 2 N–H and O–H groups in total. The summed E-state index contributed by atoms with van der Waals surface area (Å²) in [4.78, 5) is 22.8. The van der Waals surface area contributed by atoms with E-state index in [9.17, 15) is 9.59 Å². The lowest BCUT2D eigenvalue weighted by Gasteiger charge is -2.21. The van der Waals surface area contributed by atoms with E-state index >= 15 is 0 Å². The van der Waals surface area contributed by atoms with Gasteiger partial charge in [-0.3, -0.25) is 9.59 Å². The van der Waals surface area contributed by atoms with Crippen LogP contribution in [0.3, 0.4) is 0 Å². The number of hydrogen-bond donors (Lipinski definition) is 2. The lowest BCUT2D eigenvalue weighted by molar-refractivity contribution is -0.138. The lowest BCUT2D eigenvalue weighted by Crippen LogP contribution is -2.40. The molecule has 0 radical (unpaired) electrons. The Morgan fingerprint density at radius 1 is 1.25 bits per heavy atom. The van der Waals surface area contributed by atoms with Crippen LogP contribution in [0.1, 0.15) is 25.8 Å². The Labute approximate surface area is 128 Å². The zero-order chi connectivity index (χ0) is 15.3. The fraction of sp³-hybridized carbons (Fsp3) is 0.429. The van der Waals surface area contributed by atoms with Gasteiger partial charge in [0.15, 0.2) is 0 Å². The van der Waals surface area contributed by atoms with Crippen molar-refractivity contribution in [2.45, 2.75) is 32.7 Å². The van der Waals surface area contributed by atoms with E-state index in [1.165, 1.54) is 0 Å². The number of halogens is 2. The predicted molar refractivity (Wildman–Crippen MR) is 79.2 cm³/mol. The van der Waals surface area contributed by atoms with Gasteiger partial charge in [0, 0.05) is 16.1 Å². The molecule has 0 aliphatic rings. The first-order valence-electron chi connectivity index (χ1n) is 6.25. The highest BCUT2D eigenvalue weighted by Crippen LogP contribution is 2.24. The van der Waals surface area contributed by atoms with Crippen molar-refractivity contribution in [2.75, 3.05) is 0 Å². The van der Waals surface area contributed by atoms with Gasteiger partial charge < -0.3 is 10.4 Å². The minimum absolute atomic E-state index is 0.0248. The molecule has 110 valence electrons. The molecule has 1 unspecified atom stereocenters. The van der Waals surface area contributed by atoms with Gasteiger partial charge in [-0.15, -0.1) is 0 Å². The Bertz CT molecular complexity index is 483. The maximum absolute atomic E-state index is 12.0. The average Bonchev–Trinajstić information content (AvgIpc) is 2.32. The van der Waals surface area contributed by atoms with E-state index < -0.39 is 12.0 Å². The molecule has 1 rings (SSSR count). The number of nitrogens with one attached hydrogen (secondary N) is 1. The second kappa shape index (κ2) is 7.50. The smallest absolute Gasteiger partial charge is 0.305 e. The third kappa shape index (κ3) is 5.02. The van der Waals surface area contributed by atoms with Crippen LogP contribution in [0.25, 0.3) is 0 Å². The molecular formula is C14H17Cl2NO3. The van der Waals surface area contributed by atoms with E-state index in [-0.39, 0.29) is 24.7 Å². The number of rotatable bonds is 6. The number of aliphatic carboxylic acids is 1. The summed E-state index contributed by atoms with van der Waals surface area (Å²) in [6.45, 7) is 3.72. The molecule has 1 aromatic rings. The SMILES string of the molecule is CC(C)C(CC(=O)O)NC(=O)Cc1c(Cl)cccc1Cl. The summed E-state index contributed by atoms with van der Waals surface area (Å²) in [5.41, 5.74) is 0.547. The summed E-state index contributed by atoms with van der Waals surface area (Å²) >= 11 is 12.0. The second-order valence-corrected chi connectivity index (χ2v) is 5.71. The van der Waals surface area contributed by atoms with Crippen LogP contribution in [0.2, 0.25) is 10.0 Å². The van der Waals surface area contributed by atoms with E-state index in [2.05, 4.69) is 5.32 Å². The molecule has 1 atom stereocenters. The quantitative estimate of drug-likeness (QED) is 0.847. The van der Waals surface area contributed by atoms with Crippen molar-refractivity contribution in [3.05, 3.63) is 33.8 Å². The fourth-order valence-electron chi connectivity index (χ4n) is 1.76. The van der Waals surface area contributed by atoms with Crippen LogP contribution in [0.5, 0.6) is 0 Å². The maximum Gasteiger partial charge on any atom is 0.305 e. The molecule has 0 heterocycles. The number of benzene rings is 1. The van der Waals surface area contributed by atoms with Gasteiger partial charge in [-0.05, 0) is 23.6 Å². The minimum atomic E-state index is -0.945. The number of amides is 1. The molecule has 0 saturated carbocycles. The molecule has 0 saturated heterocycles. The summed E-state index contributed by atoms with van der Waals surface area (Å²) in [5.74, 6) is -1.21. The largest absolute Gasteiger partial charge is 0.481 e. The summed E-state index contributed by atoms with van der Waals surface area (Å²) in [5, 5.41) is 12.4. The number of carboxylic acid groups (broad SMARTS) is 1. The number of hydrogen-bond acceptors (Lipinski definition) is 2. The van der Waals surface area contributed by atoms with Crippen molar-refractivity contribution in [2.24, 2.45) is 5.92 Å². The van der Waals surface area contributed by atoms with E-state index in [0.717, 1.165) is 0 Å². The van der Waals surface area contributed by atoms with Gasteiger partial charge in [0.2, 0.25) is 5.91 Å². The van der Waals surface area contributed by atoms with E-state index in [4.69, 9.17) is 28.3 Å². The highest BCUT2D eigenvalue weighted by atomic mass is 35.5. The normalized spacial score (nSPS) is 12.2. The zero-order valence-corrected chi connectivity index (χ0v) is 12.8. The molecule has 6 heteroatoms. The summed E-state index contributed by atoms with van der Waals surface area (Å²) in [6, 6.07) is 4.61. The first kappa shape index (κ1) is 16.8. The monoisotopic (exact) mass is 317 g/mol. The van der Waals surface area contributed by atoms with Crippen LogP contribution in [-0.2, 0) is 16.0 Å². The molecule has 0 aliphatic heterocycles. The average molecular weight is 318 g/mol. The van der Waals surface area contributed by atoms with Gasteiger partial charge in [0.1, 0.15) is 0 Å². The Balaban J connectivity index is 2.73. The van der Waals surface area contributed by atoms with Gasteiger partial charge in [0.25, 0.3) is 0 Å². The Kier molecular flexibility index (Phi) is 6.30. The van der Waals surface area contributed by atoms with Crippen LogP contribution >= 0.6 is 23.2 Å². The van der Waals surface area contributed by atoms with Crippen LogP contribution < -0.4 is 5.32 Å². The summed E-state index contributed by atoms with van der Waals surface area (Å²) in [7, 11) is 0. The van der Waals surface area contributed by atoms with Gasteiger partial charge >= 0.3 is 5.97 Å². The molecule has 0 fully saturated rings. The number of carbonyl (C=O) groups is 2. The topological polar surface area (TPSA) is 66.4 Å². The fourth-order valence-corrected chi connectivity index (χ4v) is 2.29. The van der Waals surface area contributed by atoms with Crippen molar-refractivity contribution >= 4 is 35.1 Å². The molecule has 4 nitrogen and oxygen atoms in total. The molecule has 0 aromatic heterocycles. The van der Waals surface area contributed by atoms with E-state index in [1.54, 1.807) is 18.2 Å².